The van der Waals surface area contributed by atoms with Crippen molar-refractivity contribution in [1.29, 1.82) is 0 Å². The van der Waals surface area contributed by atoms with Crippen molar-refractivity contribution in [3.05, 3.63) is 108 Å². The van der Waals surface area contributed by atoms with Crippen LogP contribution in [0, 0.1) is 0 Å². The quantitative estimate of drug-likeness (QED) is 0.422. The summed E-state index contributed by atoms with van der Waals surface area (Å²) in [5.41, 5.74) is 3.13. The van der Waals surface area contributed by atoms with Crippen LogP contribution in [0.25, 0.3) is 0 Å². The van der Waals surface area contributed by atoms with Crippen LogP contribution in [0.15, 0.2) is 91.0 Å². The van der Waals surface area contributed by atoms with Crippen molar-refractivity contribution < 1.29 is 33.9 Å². The third-order valence-electron chi connectivity index (χ3n) is 7.07. The summed E-state index contributed by atoms with van der Waals surface area (Å²) in [6, 6.07) is 29.9. The summed E-state index contributed by atoms with van der Waals surface area (Å²) in [6.45, 7) is 1.45. The van der Waals surface area contributed by atoms with Crippen molar-refractivity contribution in [1.82, 2.24) is 0 Å². The molecule has 0 bridgehead atoms. The number of rotatable bonds is 10. The van der Waals surface area contributed by atoms with Crippen LogP contribution in [0.4, 0.5) is 0 Å². The van der Waals surface area contributed by atoms with E-state index < -0.39 is 42.7 Å². The van der Waals surface area contributed by atoms with Gasteiger partial charge in [-0.15, -0.1) is 0 Å². The SMILES string of the molecule is O[C@@H]1CO[C@@H]2[C@@H](OCc3ccccc3)[C@H](OCc3ccccc3)[C@@H](COCc3ccccc3)O[C@H]2C[C@H]1O. The first-order valence-electron chi connectivity index (χ1n) is 13.2. The monoisotopic (exact) mass is 520 g/mol. The van der Waals surface area contributed by atoms with Gasteiger partial charge in [0, 0.05) is 6.42 Å². The van der Waals surface area contributed by atoms with Crippen LogP contribution in [0.2, 0.25) is 0 Å². The van der Waals surface area contributed by atoms with E-state index in [1.165, 1.54) is 0 Å². The highest BCUT2D eigenvalue weighted by Crippen LogP contribution is 2.34. The number of aliphatic hydroxyl groups is 2. The zero-order valence-electron chi connectivity index (χ0n) is 21.4. The normalized spacial score (nSPS) is 29.4. The first-order chi connectivity index (χ1) is 18.7. The molecule has 0 aromatic heterocycles. The largest absolute Gasteiger partial charge is 0.390 e. The number of benzene rings is 3. The molecule has 0 unspecified atom stereocenters. The second-order valence-electron chi connectivity index (χ2n) is 9.90. The smallest absolute Gasteiger partial charge is 0.115 e. The zero-order chi connectivity index (χ0) is 26.2. The molecule has 2 aliphatic rings. The van der Waals surface area contributed by atoms with E-state index in [4.69, 9.17) is 23.7 Å². The molecule has 0 radical (unpaired) electrons. The summed E-state index contributed by atoms with van der Waals surface area (Å²) < 4.78 is 31.7. The van der Waals surface area contributed by atoms with Gasteiger partial charge >= 0.3 is 0 Å². The maximum Gasteiger partial charge on any atom is 0.115 e. The van der Waals surface area contributed by atoms with E-state index in [9.17, 15) is 10.2 Å². The summed E-state index contributed by atoms with van der Waals surface area (Å²) in [7, 11) is 0. The Hall–Kier alpha value is -2.62. The minimum Gasteiger partial charge on any atom is -0.390 e. The molecule has 7 heteroatoms. The van der Waals surface area contributed by atoms with Gasteiger partial charge in [-0.1, -0.05) is 91.0 Å². The van der Waals surface area contributed by atoms with E-state index in [0.717, 1.165) is 16.7 Å². The average Bonchev–Trinajstić information content (AvgIpc) is 3.10. The molecule has 38 heavy (non-hydrogen) atoms. The Morgan fingerprint density at radius 3 is 1.76 bits per heavy atom. The van der Waals surface area contributed by atoms with Gasteiger partial charge in [0.25, 0.3) is 0 Å². The highest BCUT2D eigenvalue weighted by molar-refractivity contribution is 5.15. The number of aliphatic hydroxyl groups excluding tert-OH is 2. The molecule has 7 nitrogen and oxygen atoms in total. The molecule has 2 fully saturated rings. The molecular weight excluding hydrogens is 484 g/mol. The van der Waals surface area contributed by atoms with Crippen molar-refractivity contribution in [2.75, 3.05) is 13.2 Å². The molecule has 2 heterocycles. The van der Waals surface area contributed by atoms with E-state index in [1.54, 1.807) is 0 Å². The summed E-state index contributed by atoms with van der Waals surface area (Å²) in [4.78, 5) is 0. The lowest BCUT2D eigenvalue weighted by Crippen LogP contribution is -2.61. The summed E-state index contributed by atoms with van der Waals surface area (Å²) in [5.74, 6) is 0. The van der Waals surface area contributed by atoms with Crippen LogP contribution in [0.5, 0.6) is 0 Å². The summed E-state index contributed by atoms with van der Waals surface area (Å²) in [5, 5.41) is 20.8. The van der Waals surface area contributed by atoms with Gasteiger partial charge in [0.2, 0.25) is 0 Å². The molecule has 0 aliphatic carbocycles. The minimum atomic E-state index is -0.990. The maximum atomic E-state index is 10.5. The number of hydrogen-bond acceptors (Lipinski definition) is 7. The first kappa shape index (κ1) is 27.0. The van der Waals surface area contributed by atoms with Crippen LogP contribution in [-0.4, -0.2) is 66.2 Å². The van der Waals surface area contributed by atoms with Gasteiger partial charge < -0.3 is 33.9 Å². The Labute approximate surface area is 223 Å². The van der Waals surface area contributed by atoms with E-state index in [2.05, 4.69) is 0 Å². The first-order valence-corrected chi connectivity index (χ1v) is 13.2. The van der Waals surface area contributed by atoms with Crippen molar-refractivity contribution in [3.8, 4) is 0 Å². The number of hydrogen-bond donors (Lipinski definition) is 2. The van der Waals surface area contributed by atoms with Gasteiger partial charge in [0.15, 0.2) is 0 Å². The van der Waals surface area contributed by atoms with E-state index in [1.807, 2.05) is 91.0 Å². The van der Waals surface area contributed by atoms with Crippen LogP contribution in [0.3, 0.4) is 0 Å². The Bertz CT molecular complexity index is 1080. The lowest BCUT2D eigenvalue weighted by Gasteiger charge is -2.45. The van der Waals surface area contributed by atoms with Crippen LogP contribution in [-0.2, 0) is 43.5 Å². The van der Waals surface area contributed by atoms with Gasteiger partial charge in [-0.3, -0.25) is 0 Å². The Balaban J connectivity index is 1.38. The lowest BCUT2D eigenvalue weighted by atomic mass is 9.91. The molecule has 2 aliphatic heterocycles. The van der Waals surface area contributed by atoms with Crippen LogP contribution >= 0.6 is 0 Å². The van der Waals surface area contributed by atoms with Gasteiger partial charge in [0.05, 0.1) is 45.2 Å². The predicted octanol–water partition coefficient (Wildman–Crippen LogP) is 3.65. The molecule has 202 valence electrons. The van der Waals surface area contributed by atoms with Crippen LogP contribution in [0.1, 0.15) is 23.1 Å². The Morgan fingerprint density at radius 2 is 1.18 bits per heavy atom. The molecule has 0 saturated carbocycles. The van der Waals surface area contributed by atoms with Crippen molar-refractivity contribution in [3.63, 3.8) is 0 Å². The van der Waals surface area contributed by atoms with Gasteiger partial charge in [0.1, 0.15) is 30.5 Å². The molecule has 2 N–H and O–H groups in total. The second kappa shape index (κ2) is 13.4. The molecule has 7 atom stereocenters. The number of ether oxygens (including phenoxy) is 5. The standard InChI is InChI=1S/C31H36O7/c32-25-16-27-29(37-20-26(25)33)31(36-19-24-14-8-3-9-15-24)30(35-18-23-12-6-2-7-13-23)28(38-27)21-34-17-22-10-4-1-5-11-22/h1-15,25-33H,16-21H2/t25-,26-,27+,28-,29+,30-,31-/m1/s1. The third-order valence-corrected chi connectivity index (χ3v) is 7.07. The van der Waals surface area contributed by atoms with Gasteiger partial charge in [-0.2, -0.15) is 0 Å². The Kier molecular flexibility index (Phi) is 9.54. The summed E-state index contributed by atoms with van der Waals surface area (Å²) >= 11 is 0. The van der Waals surface area contributed by atoms with Crippen molar-refractivity contribution >= 4 is 0 Å². The highest BCUT2D eigenvalue weighted by atomic mass is 16.6. The average molecular weight is 521 g/mol. The van der Waals surface area contributed by atoms with Gasteiger partial charge in [-0.25, -0.2) is 0 Å². The number of fused-ring (bicyclic) bond motifs is 1. The Morgan fingerprint density at radius 1 is 0.658 bits per heavy atom. The van der Waals surface area contributed by atoms with Crippen LogP contribution < -0.4 is 0 Å². The fraction of sp³-hybridized carbons (Fsp3) is 0.419. The lowest BCUT2D eigenvalue weighted by molar-refractivity contribution is -0.269. The fourth-order valence-electron chi connectivity index (χ4n) is 5.02. The topological polar surface area (TPSA) is 86.6 Å². The van der Waals surface area contributed by atoms with Crippen molar-refractivity contribution in [2.45, 2.75) is 69.0 Å². The minimum absolute atomic E-state index is 0.00251. The fourth-order valence-corrected chi connectivity index (χ4v) is 5.02. The highest BCUT2D eigenvalue weighted by Gasteiger charge is 2.50. The summed E-state index contributed by atoms with van der Waals surface area (Å²) in [6.07, 6.45) is -4.17. The second-order valence-corrected chi connectivity index (χ2v) is 9.90. The molecule has 5 rings (SSSR count). The third kappa shape index (κ3) is 7.07. The molecule has 3 aromatic carbocycles. The predicted molar refractivity (Wildman–Crippen MR) is 141 cm³/mol. The van der Waals surface area contributed by atoms with Gasteiger partial charge in [-0.05, 0) is 16.7 Å². The maximum absolute atomic E-state index is 10.5. The molecule has 2 saturated heterocycles. The molecule has 3 aromatic rings. The van der Waals surface area contributed by atoms with E-state index in [0.29, 0.717) is 19.8 Å². The van der Waals surface area contributed by atoms with Crippen molar-refractivity contribution in [2.24, 2.45) is 0 Å². The molecule has 0 spiro atoms. The zero-order valence-corrected chi connectivity index (χ0v) is 21.4. The van der Waals surface area contributed by atoms with E-state index >= 15 is 0 Å². The molecule has 0 amide bonds. The van der Waals surface area contributed by atoms with E-state index in [-0.39, 0.29) is 19.6 Å². The molecular formula is C31H36O7.